The lowest BCUT2D eigenvalue weighted by Gasteiger charge is -2.19. The van der Waals surface area contributed by atoms with Gasteiger partial charge in [0.1, 0.15) is 17.0 Å². The van der Waals surface area contributed by atoms with E-state index in [9.17, 15) is 9.59 Å². The maximum Gasteiger partial charge on any atom is 0.407 e. The van der Waals surface area contributed by atoms with Crippen molar-refractivity contribution in [2.45, 2.75) is 32.8 Å². The van der Waals surface area contributed by atoms with E-state index in [1.165, 1.54) is 6.07 Å². The molecule has 6 nitrogen and oxygen atoms in total. The molecule has 3 N–H and O–H groups in total. The number of ether oxygens (including phenoxy) is 1. The number of aromatic nitrogens is 1. The van der Waals surface area contributed by atoms with Crippen LogP contribution in [-0.4, -0.2) is 29.1 Å². The van der Waals surface area contributed by atoms with Crippen LogP contribution in [0.4, 0.5) is 4.79 Å². The highest BCUT2D eigenvalue weighted by atomic mass is 16.6. The number of alkyl carbamates (subject to hydrolysis) is 1. The molecule has 112 valence electrons. The average molecular weight is 289 g/mol. The fraction of sp³-hybridized carbons (Fsp3) is 0.400. The molecule has 0 radical (unpaired) electrons. The summed E-state index contributed by atoms with van der Waals surface area (Å²) in [5.41, 5.74) is 5.25. The second-order valence-electron chi connectivity index (χ2n) is 5.25. The Morgan fingerprint density at radius 3 is 2.71 bits per heavy atom. The summed E-state index contributed by atoms with van der Waals surface area (Å²) in [7, 11) is 0. The normalized spacial score (nSPS) is 10.2. The summed E-state index contributed by atoms with van der Waals surface area (Å²) in [6, 6.07) is 4.87. The minimum Gasteiger partial charge on any atom is -0.444 e. The van der Waals surface area contributed by atoms with Crippen LogP contribution >= 0.6 is 0 Å². The molecule has 1 aromatic rings. The number of pyridine rings is 1. The first-order chi connectivity index (χ1) is 9.78. The van der Waals surface area contributed by atoms with Gasteiger partial charge in [0, 0.05) is 13.0 Å². The van der Waals surface area contributed by atoms with E-state index in [0.29, 0.717) is 18.7 Å². The van der Waals surface area contributed by atoms with Crippen LogP contribution in [-0.2, 0) is 4.74 Å². The van der Waals surface area contributed by atoms with Gasteiger partial charge in [0.05, 0.1) is 0 Å². The monoisotopic (exact) mass is 289 g/mol. The fourth-order valence-electron chi connectivity index (χ4n) is 1.34. The Morgan fingerprint density at radius 1 is 1.38 bits per heavy atom. The highest BCUT2D eigenvalue weighted by molar-refractivity contribution is 5.90. The standard InChI is InChI=1S/C15H19N3O3/c1-15(2,3)21-14(20)17-10-5-4-7-11-8-6-9-12(18-11)13(16)19/h6,8-9H,5,10H2,1-3H3,(H2,16,19)(H,17,20). The zero-order valence-corrected chi connectivity index (χ0v) is 12.4. The van der Waals surface area contributed by atoms with E-state index in [-0.39, 0.29) is 5.69 Å². The molecule has 2 amide bonds. The van der Waals surface area contributed by atoms with E-state index >= 15 is 0 Å². The lowest BCUT2D eigenvalue weighted by Crippen LogP contribution is -2.32. The molecule has 1 aromatic heterocycles. The van der Waals surface area contributed by atoms with Crippen molar-refractivity contribution in [1.82, 2.24) is 10.3 Å². The molecule has 0 aromatic carbocycles. The maximum atomic E-state index is 11.4. The number of nitrogens with zero attached hydrogens (tertiary/aromatic N) is 1. The van der Waals surface area contributed by atoms with Gasteiger partial charge in [0.15, 0.2) is 0 Å². The van der Waals surface area contributed by atoms with Crippen molar-refractivity contribution in [3.05, 3.63) is 29.6 Å². The summed E-state index contributed by atoms with van der Waals surface area (Å²) in [4.78, 5) is 26.3. The van der Waals surface area contributed by atoms with Crippen LogP contribution in [0.2, 0.25) is 0 Å². The van der Waals surface area contributed by atoms with Crippen LogP contribution in [0.25, 0.3) is 0 Å². The van der Waals surface area contributed by atoms with Gasteiger partial charge >= 0.3 is 6.09 Å². The highest BCUT2D eigenvalue weighted by Gasteiger charge is 2.15. The maximum absolute atomic E-state index is 11.4. The number of rotatable bonds is 3. The number of primary amides is 1. The van der Waals surface area contributed by atoms with Crippen molar-refractivity contribution in [2.75, 3.05) is 6.54 Å². The van der Waals surface area contributed by atoms with Gasteiger partial charge in [-0.1, -0.05) is 12.0 Å². The van der Waals surface area contributed by atoms with Gasteiger partial charge in [-0.25, -0.2) is 9.78 Å². The molecule has 0 aliphatic rings. The second-order valence-corrected chi connectivity index (χ2v) is 5.25. The summed E-state index contributed by atoms with van der Waals surface area (Å²) in [5, 5.41) is 2.60. The first-order valence-corrected chi connectivity index (χ1v) is 6.50. The molecule has 0 saturated heterocycles. The van der Waals surface area contributed by atoms with Gasteiger partial charge in [-0.15, -0.1) is 0 Å². The third kappa shape index (κ3) is 6.97. The fourth-order valence-corrected chi connectivity index (χ4v) is 1.34. The van der Waals surface area contributed by atoms with E-state index in [0.717, 1.165) is 0 Å². The lowest BCUT2D eigenvalue weighted by atomic mass is 10.2. The first kappa shape index (κ1) is 16.5. The minimum atomic E-state index is -0.592. The van der Waals surface area contributed by atoms with Crippen molar-refractivity contribution in [1.29, 1.82) is 0 Å². The number of hydrogen-bond donors (Lipinski definition) is 2. The van der Waals surface area contributed by atoms with Crippen LogP contribution in [0.3, 0.4) is 0 Å². The summed E-state index contributed by atoms with van der Waals surface area (Å²) >= 11 is 0. The molecule has 1 heterocycles. The van der Waals surface area contributed by atoms with Gasteiger partial charge in [0.25, 0.3) is 5.91 Å². The number of nitrogens with two attached hydrogens (primary N) is 1. The first-order valence-electron chi connectivity index (χ1n) is 6.50. The van der Waals surface area contributed by atoms with Crippen LogP contribution in [0, 0.1) is 11.8 Å². The van der Waals surface area contributed by atoms with E-state index in [1.807, 2.05) is 0 Å². The van der Waals surface area contributed by atoms with Crippen molar-refractivity contribution >= 4 is 12.0 Å². The Kier molecular flexibility index (Phi) is 5.73. The zero-order chi connectivity index (χ0) is 15.9. The number of carbonyl (C=O) groups excluding carboxylic acids is 2. The minimum absolute atomic E-state index is 0.175. The van der Waals surface area contributed by atoms with Crippen molar-refractivity contribution < 1.29 is 14.3 Å². The van der Waals surface area contributed by atoms with E-state index in [2.05, 4.69) is 22.1 Å². The zero-order valence-electron chi connectivity index (χ0n) is 12.4. The molecule has 0 atom stereocenters. The number of carbonyl (C=O) groups is 2. The smallest absolute Gasteiger partial charge is 0.407 e. The predicted molar refractivity (Wildman–Crippen MR) is 78.5 cm³/mol. The Balaban J connectivity index is 2.42. The molecular formula is C15H19N3O3. The van der Waals surface area contributed by atoms with Crippen LogP contribution in [0.5, 0.6) is 0 Å². The van der Waals surface area contributed by atoms with Crippen LogP contribution in [0.1, 0.15) is 43.4 Å². The summed E-state index contributed by atoms with van der Waals surface area (Å²) < 4.78 is 5.08. The Hall–Kier alpha value is -2.55. The SMILES string of the molecule is CC(C)(C)OC(=O)NCCC#Cc1cccc(C(N)=O)n1. The number of nitrogens with one attached hydrogen (secondary N) is 1. The largest absolute Gasteiger partial charge is 0.444 e. The third-order valence-corrected chi connectivity index (χ3v) is 2.14. The Bertz CT molecular complexity index is 580. The van der Waals surface area contributed by atoms with Gasteiger partial charge in [-0.2, -0.15) is 0 Å². The van der Waals surface area contributed by atoms with E-state index in [4.69, 9.17) is 10.5 Å². The lowest BCUT2D eigenvalue weighted by molar-refractivity contribution is 0.0529. The summed E-state index contributed by atoms with van der Waals surface area (Å²) in [6.07, 6.45) is -0.0278. The van der Waals surface area contributed by atoms with Crippen LogP contribution < -0.4 is 11.1 Å². The molecule has 0 spiro atoms. The van der Waals surface area contributed by atoms with Crippen molar-refractivity contribution in [3.63, 3.8) is 0 Å². The molecule has 0 aliphatic carbocycles. The van der Waals surface area contributed by atoms with Crippen molar-refractivity contribution in [2.24, 2.45) is 5.73 Å². The van der Waals surface area contributed by atoms with Gasteiger partial charge in [-0.3, -0.25) is 4.79 Å². The van der Waals surface area contributed by atoms with E-state index in [1.54, 1.807) is 32.9 Å². The third-order valence-electron chi connectivity index (χ3n) is 2.14. The molecular weight excluding hydrogens is 270 g/mol. The van der Waals surface area contributed by atoms with Gasteiger partial charge < -0.3 is 15.8 Å². The molecule has 0 saturated carbocycles. The average Bonchev–Trinajstić information content (AvgIpc) is 2.36. The number of amides is 2. The molecule has 1 rings (SSSR count). The molecule has 0 fully saturated rings. The van der Waals surface area contributed by atoms with Crippen molar-refractivity contribution in [3.8, 4) is 11.8 Å². The molecule has 0 bridgehead atoms. The quantitative estimate of drug-likeness (QED) is 0.650. The second kappa shape index (κ2) is 7.29. The molecule has 0 aliphatic heterocycles. The summed E-state index contributed by atoms with van der Waals surface area (Å²) in [5.74, 6) is 5.06. The molecule has 6 heteroatoms. The summed E-state index contributed by atoms with van der Waals surface area (Å²) in [6.45, 7) is 5.76. The predicted octanol–water partition coefficient (Wildman–Crippen LogP) is 1.45. The Morgan fingerprint density at radius 2 is 2.10 bits per heavy atom. The van der Waals surface area contributed by atoms with E-state index < -0.39 is 17.6 Å². The Labute approximate surface area is 124 Å². The highest BCUT2D eigenvalue weighted by Crippen LogP contribution is 2.06. The topological polar surface area (TPSA) is 94.3 Å². The number of hydrogen-bond acceptors (Lipinski definition) is 4. The molecule has 0 unspecified atom stereocenters. The molecule has 21 heavy (non-hydrogen) atoms. The van der Waals surface area contributed by atoms with Crippen LogP contribution in [0.15, 0.2) is 18.2 Å². The van der Waals surface area contributed by atoms with Gasteiger partial charge in [0.2, 0.25) is 0 Å². The van der Waals surface area contributed by atoms with Gasteiger partial charge in [-0.05, 0) is 38.8 Å².